The number of fused-ring (bicyclic) bond motifs is 1. The van der Waals surface area contributed by atoms with Crippen molar-refractivity contribution in [3.05, 3.63) is 5.56 Å². The SMILES string of the molecule is CCCCOc1nc(N)c2c(n1)N(CC1CCOC1)C(=O)C2. The average Bonchev–Trinajstić information content (AvgIpc) is 3.10. The number of aromatic nitrogens is 2. The summed E-state index contributed by atoms with van der Waals surface area (Å²) in [6.45, 7) is 4.72. The van der Waals surface area contributed by atoms with E-state index in [4.69, 9.17) is 15.2 Å². The Morgan fingerprint density at radius 2 is 2.32 bits per heavy atom. The molecule has 1 unspecified atom stereocenters. The Morgan fingerprint density at radius 3 is 3.05 bits per heavy atom. The van der Waals surface area contributed by atoms with Crippen LogP contribution in [-0.2, 0) is 16.0 Å². The zero-order chi connectivity index (χ0) is 15.5. The summed E-state index contributed by atoms with van der Waals surface area (Å²) in [7, 11) is 0. The molecule has 2 aliphatic heterocycles. The first-order valence-corrected chi connectivity index (χ1v) is 7.86. The van der Waals surface area contributed by atoms with E-state index in [0.717, 1.165) is 25.9 Å². The second-order valence-electron chi connectivity index (χ2n) is 5.81. The summed E-state index contributed by atoms with van der Waals surface area (Å²) in [6, 6.07) is 0.257. The van der Waals surface area contributed by atoms with Crippen molar-refractivity contribution in [1.29, 1.82) is 0 Å². The van der Waals surface area contributed by atoms with Crippen LogP contribution in [0.2, 0.25) is 0 Å². The maximum atomic E-state index is 12.3. The zero-order valence-corrected chi connectivity index (χ0v) is 12.9. The third-order valence-corrected chi connectivity index (χ3v) is 4.08. The van der Waals surface area contributed by atoms with E-state index >= 15 is 0 Å². The summed E-state index contributed by atoms with van der Waals surface area (Å²) in [5.41, 5.74) is 6.69. The van der Waals surface area contributed by atoms with Crippen molar-refractivity contribution in [1.82, 2.24) is 9.97 Å². The molecule has 22 heavy (non-hydrogen) atoms. The quantitative estimate of drug-likeness (QED) is 0.793. The Morgan fingerprint density at radius 1 is 1.45 bits per heavy atom. The van der Waals surface area contributed by atoms with Crippen LogP contribution in [0.1, 0.15) is 31.7 Å². The largest absolute Gasteiger partial charge is 0.463 e. The number of nitrogens with two attached hydrogens (primary N) is 1. The number of amides is 1. The number of nitrogens with zero attached hydrogens (tertiary/aromatic N) is 3. The Labute approximate surface area is 129 Å². The predicted octanol–water partition coefficient (Wildman–Crippen LogP) is 1.16. The van der Waals surface area contributed by atoms with Crippen LogP contribution in [0.3, 0.4) is 0 Å². The first-order valence-electron chi connectivity index (χ1n) is 7.86. The number of hydrogen-bond acceptors (Lipinski definition) is 6. The minimum Gasteiger partial charge on any atom is -0.463 e. The highest BCUT2D eigenvalue weighted by Crippen LogP contribution is 2.33. The number of anilines is 2. The molecule has 7 nitrogen and oxygen atoms in total. The van der Waals surface area contributed by atoms with Gasteiger partial charge in [-0.1, -0.05) is 13.3 Å². The summed E-state index contributed by atoms with van der Waals surface area (Å²) in [4.78, 5) is 22.5. The van der Waals surface area contributed by atoms with E-state index in [1.165, 1.54) is 0 Å². The molecule has 1 amide bonds. The van der Waals surface area contributed by atoms with E-state index in [1.54, 1.807) is 4.90 Å². The van der Waals surface area contributed by atoms with Gasteiger partial charge in [0.05, 0.1) is 19.6 Å². The van der Waals surface area contributed by atoms with Crippen molar-refractivity contribution >= 4 is 17.5 Å². The van der Waals surface area contributed by atoms with Crippen molar-refractivity contribution in [2.75, 3.05) is 37.0 Å². The smallest absolute Gasteiger partial charge is 0.320 e. The van der Waals surface area contributed by atoms with Crippen molar-refractivity contribution < 1.29 is 14.3 Å². The molecular weight excluding hydrogens is 284 g/mol. The molecule has 0 aliphatic carbocycles. The van der Waals surface area contributed by atoms with Gasteiger partial charge in [-0.3, -0.25) is 9.69 Å². The highest BCUT2D eigenvalue weighted by Gasteiger charge is 2.34. The number of carbonyl (C=O) groups excluding carboxylic acids is 1. The Hall–Kier alpha value is -1.89. The van der Waals surface area contributed by atoms with Gasteiger partial charge in [-0.05, 0) is 12.8 Å². The molecule has 1 atom stereocenters. The van der Waals surface area contributed by atoms with Gasteiger partial charge in [0.1, 0.15) is 11.6 Å². The first-order chi connectivity index (χ1) is 10.7. The molecule has 3 heterocycles. The Balaban J connectivity index is 1.79. The molecule has 0 aromatic carbocycles. The summed E-state index contributed by atoms with van der Waals surface area (Å²) >= 11 is 0. The number of ether oxygens (including phenoxy) is 2. The zero-order valence-electron chi connectivity index (χ0n) is 12.9. The molecule has 3 rings (SSSR count). The van der Waals surface area contributed by atoms with Gasteiger partial charge < -0.3 is 15.2 Å². The topological polar surface area (TPSA) is 90.6 Å². The van der Waals surface area contributed by atoms with Crippen LogP contribution in [0.4, 0.5) is 11.6 Å². The number of rotatable bonds is 6. The van der Waals surface area contributed by atoms with Gasteiger partial charge in [0, 0.05) is 24.6 Å². The van der Waals surface area contributed by atoms with E-state index in [-0.39, 0.29) is 18.3 Å². The van der Waals surface area contributed by atoms with Gasteiger partial charge in [0.15, 0.2) is 0 Å². The van der Waals surface area contributed by atoms with Crippen molar-refractivity contribution in [2.24, 2.45) is 5.92 Å². The highest BCUT2D eigenvalue weighted by molar-refractivity contribution is 6.01. The van der Waals surface area contributed by atoms with Crippen molar-refractivity contribution in [3.8, 4) is 6.01 Å². The number of hydrogen-bond donors (Lipinski definition) is 1. The van der Waals surface area contributed by atoms with E-state index in [9.17, 15) is 4.79 Å². The number of unbranched alkanes of at least 4 members (excludes halogenated alkanes) is 1. The fraction of sp³-hybridized carbons (Fsp3) is 0.667. The minimum atomic E-state index is 0.0219. The summed E-state index contributed by atoms with van der Waals surface area (Å²) in [5.74, 6) is 1.33. The number of carbonyl (C=O) groups is 1. The van der Waals surface area contributed by atoms with Crippen molar-refractivity contribution in [3.63, 3.8) is 0 Å². The predicted molar refractivity (Wildman–Crippen MR) is 81.8 cm³/mol. The lowest BCUT2D eigenvalue weighted by atomic mass is 10.1. The van der Waals surface area contributed by atoms with Gasteiger partial charge in [-0.15, -0.1) is 0 Å². The molecule has 0 spiro atoms. The maximum absolute atomic E-state index is 12.3. The lowest BCUT2D eigenvalue weighted by Crippen LogP contribution is -2.33. The molecule has 7 heteroatoms. The molecule has 2 aliphatic rings. The lowest BCUT2D eigenvalue weighted by molar-refractivity contribution is -0.117. The van der Waals surface area contributed by atoms with Gasteiger partial charge in [-0.2, -0.15) is 9.97 Å². The average molecular weight is 306 g/mol. The maximum Gasteiger partial charge on any atom is 0.320 e. The van der Waals surface area contributed by atoms with E-state index in [1.807, 2.05) is 0 Å². The van der Waals surface area contributed by atoms with Crippen molar-refractivity contribution in [2.45, 2.75) is 32.6 Å². The van der Waals surface area contributed by atoms with Gasteiger partial charge in [0.25, 0.3) is 0 Å². The first kappa shape index (κ1) is 15.0. The third kappa shape index (κ3) is 2.99. The minimum absolute atomic E-state index is 0.0219. The van der Waals surface area contributed by atoms with Gasteiger partial charge in [0.2, 0.25) is 5.91 Å². The second kappa shape index (κ2) is 6.48. The molecule has 2 N–H and O–H groups in total. The Kier molecular flexibility index (Phi) is 4.42. The standard InChI is InChI=1S/C15H22N4O3/c1-2-3-5-22-15-17-13(16)11-7-12(20)19(14(11)18-15)8-10-4-6-21-9-10/h10H,2-9H2,1H3,(H2,16,17,18). The Bertz CT molecular complexity index is 558. The van der Waals surface area contributed by atoms with Crippen LogP contribution < -0.4 is 15.4 Å². The van der Waals surface area contributed by atoms with E-state index in [2.05, 4.69) is 16.9 Å². The monoisotopic (exact) mass is 306 g/mol. The highest BCUT2D eigenvalue weighted by atomic mass is 16.5. The molecule has 0 saturated carbocycles. The summed E-state index contributed by atoms with van der Waals surface area (Å²) in [5, 5.41) is 0. The van der Waals surface area contributed by atoms with Crippen LogP contribution in [0, 0.1) is 5.92 Å². The molecule has 120 valence electrons. The third-order valence-electron chi connectivity index (χ3n) is 4.08. The summed E-state index contributed by atoms with van der Waals surface area (Å²) in [6.07, 6.45) is 3.21. The van der Waals surface area contributed by atoms with Crippen LogP contribution in [0.15, 0.2) is 0 Å². The van der Waals surface area contributed by atoms with Crippen LogP contribution in [0.5, 0.6) is 6.01 Å². The molecule has 0 radical (unpaired) electrons. The molecule has 1 fully saturated rings. The fourth-order valence-electron chi connectivity index (χ4n) is 2.77. The van der Waals surface area contributed by atoms with E-state index < -0.39 is 0 Å². The molecule has 1 aromatic rings. The van der Waals surface area contributed by atoms with Crippen LogP contribution in [-0.4, -0.2) is 42.2 Å². The molecular formula is C15H22N4O3. The molecule has 0 bridgehead atoms. The lowest BCUT2D eigenvalue weighted by Gasteiger charge is -2.20. The summed E-state index contributed by atoms with van der Waals surface area (Å²) < 4.78 is 10.9. The fourth-order valence-corrected chi connectivity index (χ4v) is 2.77. The van der Waals surface area contributed by atoms with Gasteiger partial charge >= 0.3 is 6.01 Å². The van der Waals surface area contributed by atoms with Crippen LogP contribution >= 0.6 is 0 Å². The number of nitrogen functional groups attached to an aromatic ring is 1. The normalized spacial score (nSPS) is 20.5. The van der Waals surface area contributed by atoms with Crippen LogP contribution in [0.25, 0.3) is 0 Å². The van der Waals surface area contributed by atoms with E-state index in [0.29, 0.717) is 42.9 Å². The molecule has 1 aromatic heterocycles. The molecule has 1 saturated heterocycles. The van der Waals surface area contributed by atoms with Gasteiger partial charge in [-0.25, -0.2) is 0 Å². The second-order valence-corrected chi connectivity index (χ2v) is 5.81.